The molecule has 1 aromatic heterocycles. The van der Waals surface area contributed by atoms with Crippen molar-refractivity contribution < 1.29 is 18.7 Å². The first kappa shape index (κ1) is 15.0. The number of carbonyl (C=O) groups is 2. The summed E-state index contributed by atoms with van der Waals surface area (Å²) in [7, 11) is 0. The van der Waals surface area contributed by atoms with Gasteiger partial charge in [-0.2, -0.15) is 4.98 Å². The molecule has 1 atom stereocenters. The standard InChI is InChI=1S/C12H19N3O4/c1-4-6-13-10(16)8(3)14-12-15-9(7-19-12)11(17)18-5-2/h7-8H,4-6H2,1-3H3,(H,13,16)(H,14,15). The van der Waals surface area contributed by atoms with E-state index in [2.05, 4.69) is 15.6 Å². The predicted octanol–water partition coefficient (Wildman–Crippen LogP) is 1.18. The lowest BCUT2D eigenvalue weighted by Gasteiger charge is -2.11. The molecule has 0 aliphatic rings. The minimum absolute atomic E-state index is 0.0746. The summed E-state index contributed by atoms with van der Waals surface area (Å²) in [5, 5.41) is 5.51. The van der Waals surface area contributed by atoms with Crippen molar-refractivity contribution in [1.82, 2.24) is 10.3 Å². The SMILES string of the molecule is CCCNC(=O)C(C)Nc1nc(C(=O)OCC)co1. The van der Waals surface area contributed by atoms with Crippen LogP contribution < -0.4 is 10.6 Å². The molecule has 0 fully saturated rings. The van der Waals surface area contributed by atoms with Crippen LogP contribution in [0.5, 0.6) is 0 Å². The van der Waals surface area contributed by atoms with Crippen molar-refractivity contribution in [1.29, 1.82) is 0 Å². The Kier molecular flexibility index (Phi) is 5.84. The lowest BCUT2D eigenvalue weighted by atomic mass is 10.3. The van der Waals surface area contributed by atoms with Gasteiger partial charge >= 0.3 is 5.97 Å². The minimum atomic E-state index is -0.553. The molecule has 106 valence electrons. The predicted molar refractivity (Wildman–Crippen MR) is 68.8 cm³/mol. The fourth-order valence-corrected chi connectivity index (χ4v) is 1.29. The Morgan fingerprint density at radius 2 is 2.21 bits per heavy atom. The fourth-order valence-electron chi connectivity index (χ4n) is 1.29. The van der Waals surface area contributed by atoms with E-state index < -0.39 is 12.0 Å². The number of aromatic nitrogens is 1. The van der Waals surface area contributed by atoms with Crippen LogP contribution in [-0.4, -0.2) is 36.1 Å². The Bertz CT molecular complexity index is 430. The summed E-state index contributed by atoms with van der Waals surface area (Å²) in [4.78, 5) is 26.9. The second kappa shape index (κ2) is 7.40. The largest absolute Gasteiger partial charge is 0.461 e. The number of hydrogen-bond acceptors (Lipinski definition) is 6. The Hall–Kier alpha value is -2.05. The molecule has 0 aromatic carbocycles. The normalized spacial score (nSPS) is 11.7. The Morgan fingerprint density at radius 3 is 2.84 bits per heavy atom. The zero-order valence-corrected chi connectivity index (χ0v) is 11.4. The molecule has 1 aromatic rings. The molecule has 0 radical (unpaired) electrons. The monoisotopic (exact) mass is 269 g/mol. The summed E-state index contributed by atoms with van der Waals surface area (Å²) < 4.78 is 9.83. The van der Waals surface area contributed by atoms with E-state index in [0.29, 0.717) is 6.54 Å². The third kappa shape index (κ3) is 4.61. The zero-order valence-electron chi connectivity index (χ0n) is 11.4. The molecule has 1 unspecified atom stereocenters. The number of esters is 1. The smallest absolute Gasteiger partial charge is 0.360 e. The van der Waals surface area contributed by atoms with Gasteiger partial charge in [0.15, 0.2) is 5.69 Å². The van der Waals surface area contributed by atoms with E-state index in [0.717, 1.165) is 6.42 Å². The zero-order chi connectivity index (χ0) is 14.3. The molecule has 2 N–H and O–H groups in total. The Morgan fingerprint density at radius 1 is 1.47 bits per heavy atom. The number of hydrogen-bond donors (Lipinski definition) is 2. The molecule has 1 rings (SSSR count). The lowest BCUT2D eigenvalue weighted by molar-refractivity contribution is -0.121. The summed E-state index contributed by atoms with van der Waals surface area (Å²) in [6, 6.07) is -0.387. The van der Waals surface area contributed by atoms with E-state index in [9.17, 15) is 9.59 Å². The highest BCUT2D eigenvalue weighted by atomic mass is 16.5. The molecule has 1 heterocycles. The van der Waals surface area contributed by atoms with Crippen LogP contribution in [-0.2, 0) is 9.53 Å². The van der Waals surface area contributed by atoms with Gasteiger partial charge in [-0.3, -0.25) is 4.79 Å². The topological polar surface area (TPSA) is 93.5 Å². The quantitative estimate of drug-likeness (QED) is 0.722. The molecule has 0 bridgehead atoms. The minimum Gasteiger partial charge on any atom is -0.461 e. The number of oxazole rings is 1. The molecule has 0 spiro atoms. The van der Waals surface area contributed by atoms with Crippen molar-refractivity contribution in [2.45, 2.75) is 33.2 Å². The van der Waals surface area contributed by atoms with Crippen LogP contribution in [0.2, 0.25) is 0 Å². The van der Waals surface area contributed by atoms with Crippen LogP contribution in [0, 0.1) is 0 Å². The molecule has 19 heavy (non-hydrogen) atoms. The summed E-state index contributed by atoms with van der Waals surface area (Å²) in [6.45, 7) is 6.24. The molecule has 0 saturated heterocycles. The van der Waals surface area contributed by atoms with E-state index in [1.807, 2.05) is 6.92 Å². The van der Waals surface area contributed by atoms with Gasteiger partial charge in [0.2, 0.25) is 5.91 Å². The molecule has 0 saturated carbocycles. The first-order chi connectivity index (χ1) is 9.08. The van der Waals surface area contributed by atoms with Crippen molar-refractivity contribution in [3.05, 3.63) is 12.0 Å². The van der Waals surface area contributed by atoms with Crippen molar-refractivity contribution >= 4 is 17.9 Å². The van der Waals surface area contributed by atoms with Gasteiger partial charge in [-0.1, -0.05) is 6.92 Å². The van der Waals surface area contributed by atoms with Gasteiger partial charge in [0.25, 0.3) is 6.01 Å². The van der Waals surface area contributed by atoms with E-state index >= 15 is 0 Å². The lowest BCUT2D eigenvalue weighted by Crippen LogP contribution is -2.37. The van der Waals surface area contributed by atoms with Gasteiger partial charge < -0.3 is 19.8 Å². The van der Waals surface area contributed by atoms with Crippen LogP contribution in [0.15, 0.2) is 10.7 Å². The second-order valence-electron chi connectivity index (χ2n) is 3.92. The van der Waals surface area contributed by atoms with Gasteiger partial charge in [0.05, 0.1) is 6.61 Å². The van der Waals surface area contributed by atoms with Crippen LogP contribution in [0.1, 0.15) is 37.7 Å². The van der Waals surface area contributed by atoms with E-state index in [1.54, 1.807) is 13.8 Å². The maximum absolute atomic E-state index is 11.6. The summed E-state index contributed by atoms with van der Waals surface area (Å²) >= 11 is 0. The fraction of sp³-hybridized carbons (Fsp3) is 0.583. The Balaban J connectivity index is 2.53. The second-order valence-corrected chi connectivity index (χ2v) is 3.92. The third-order valence-electron chi connectivity index (χ3n) is 2.27. The third-order valence-corrected chi connectivity index (χ3v) is 2.27. The first-order valence-electron chi connectivity index (χ1n) is 6.25. The van der Waals surface area contributed by atoms with Gasteiger partial charge in [-0.25, -0.2) is 4.79 Å². The number of nitrogens with one attached hydrogen (secondary N) is 2. The van der Waals surface area contributed by atoms with Gasteiger partial charge in [0, 0.05) is 6.54 Å². The van der Waals surface area contributed by atoms with E-state index in [-0.39, 0.29) is 24.2 Å². The molecule has 1 amide bonds. The number of amides is 1. The number of anilines is 1. The van der Waals surface area contributed by atoms with Crippen molar-refractivity contribution in [3.63, 3.8) is 0 Å². The molecular formula is C12H19N3O4. The van der Waals surface area contributed by atoms with Crippen LogP contribution in [0.25, 0.3) is 0 Å². The van der Waals surface area contributed by atoms with Crippen LogP contribution in [0.4, 0.5) is 6.01 Å². The molecule has 7 nitrogen and oxygen atoms in total. The van der Waals surface area contributed by atoms with Gasteiger partial charge in [0.1, 0.15) is 12.3 Å². The maximum Gasteiger partial charge on any atom is 0.360 e. The number of nitrogens with zero attached hydrogens (tertiary/aromatic N) is 1. The maximum atomic E-state index is 11.6. The summed E-state index contributed by atoms with van der Waals surface area (Å²) in [6.07, 6.45) is 2.06. The molecule has 0 aliphatic carbocycles. The average molecular weight is 269 g/mol. The molecule has 0 aliphatic heterocycles. The van der Waals surface area contributed by atoms with Crippen LogP contribution >= 0.6 is 0 Å². The summed E-state index contributed by atoms with van der Waals surface area (Å²) in [5.74, 6) is -0.708. The highest BCUT2D eigenvalue weighted by Gasteiger charge is 2.17. The summed E-state index contributed by atoms with van der Waals surface area (Å²) in [5.41, 5.74) is 0.0746. The molecule has 7 heteroatoms. The number of ether oxygens (including phenoxy) is 1. The average Bonchev–Trinajstić information content (AvgIpc) is 2.84. The Labute approximate surface area is 111 Å². The van der Waals surface area contributed by atoms with E-state index in [4.69, 9.17) is 9.15 Å². The number of carbonyl (C=O) groups excluding carboxylic acids is 2. The van der Waals surface area contributed by atoms with Crippen molar-refractivity contribution in [2.75, 3.05) is 18.5 Å². The highest BCUT2D eigenvalue weighted by Crippen LogP contribution is 2.10. The van der Waals surface area contributed by atoms with E-state index in [1.165, 1.54) is 6.26 Å². The first-order valence-corrected chi connectivity index (χ1v) is 6.25. The van der Waals surface area contributed by atoms with Gasteiger partial charge in [-0.15, -0.1) is 0 Å². The number of rotatable bonds is 7. The van der Waals surface area contributed by atoms with Crippen LogP contribution in [0.3, 0.4) is 0 Å². The highest BCUT2D eigenvalue weighted by molar-refractivity contribution is 5.87. The molecular weight excluding hydrogens is 250 g/mol. The van der Waals surface area contributed by atoms with Gasteiger partial charge in [-0.05, 0) is 20.3 Å². The van der Waals surface area contributed by atoms with Crippen molar-refractivity contribution in [2.24, 2.45) is 0 Å². The van der Waals surface area contributed by atoms with Crippen molar-refractivity contribution in [3.8, 4) is 0 Å².